The summed E-state index contributed by atoms with van der Waals surface area (Å²) in [5.41, 5.74) is 0. The van der Waals surface area contributed by atoms with Gasteiger partial charge < -0.3 is 0 Å². The molecule has 5 heavy (non-hydrogen) atoms. The Kier molecular flexibility index (Phi) is 0.756. The Morgan fingerprint density at radius 3 is 2.00 bits per heavy atom. The van der Waals surface area contributed by atoms with Gasteiger partial charge in [-0.15, -0.1) is 12.4 Å². The van der Waals surface area contributed by atoms with E-state index in [1.807, 2.05) is 0 Å². The molecule has 0 aromatic rings. The second kappa shape index (κ2) is 1.12. The van der Waals surface area contributed by atoms with E-state index < -0.39 is 0 Å². The van der Waals surface area contributed by atoms with Crippen molar-refractivity contribution in [2.75, 3.05) is 0 Å². The van der Waals surface area contributed by atoms with Crippen LogP contribution in [0.4, 0.5) is 0 Å². The molecular formula is C2H7B3. The normalized spacial score (nSPS) is 20.4. The predicted molar refractivity (Wildman–Crippen MR) is 31.1 cm³/mol. The smallest absolute Gasteiger partial charge is 0.104 e. The third-order valence-corrected chi connectivity index (χ3v) is 1.39. The molecule has 3 heteroatoms. The third kappa shape index (κ3) is 0.527. The summed E-state index contributed by atoms with van der Waals surface area (Å²) in [6, 6.07) is 0. The Morgan fingerprint density at radius 2 is 2.00 bits per heavy atom. The second-order valence-corrected chi connectivity index (χ2v) is 2.04. The highest BCUT2D eigenvalue weighted by molar-refractivity contribution is 7.14. The van der Waals surface area contributed by atoms with E-state index in [1.54, 1.807) is 0 Å². The Balaban J connectivity index is 2.08. The summed E-state index contributed by atoms with van der Waals surface area (Å²) in [5, 5.41) is 0. The van der Waals surface area contributed by atoms with Gasteiger partial charge in [0.15, 0.2) is 0 Å². The van der Waals surface area contributed by atoms with Crippen molar-refractivity contribution in [3.63, 3.8) is 0 Å². The molecule has 0 aromatic heterocycles. The van der Waals surface area contributed by atoms with E-state index in [0.29, 0.717) is 0 Å². The summed E-state index contributed by atoms with van der Waals surface area (Å²) in [6.07, 6.45) is 2.97. The molecule has 0 saturated carbocycles. The summed E-state index contributed by atoms with van der Waals surface area (Å²) < 4.78 is 0. The summed E-state index contributed by atoms with van der Waals surface area (Å²) in [5.74, 6) is 0. The molecule has 0 N–H and O–H groups in total. The summed E-state index contributed by atoms with van der Waals surface area (Å²) in [7, 11) is 3.80. The molecule has 1 aliphatic heterocycles. The van der Waals surface area contributed by atoms with Crippen molar-refractivity contribution >= 4 is 21.6 Å². The molecule has 1 aliphatic rings. The fourth-order valence-corrected chi connectivity index (χ4v) is 0.612. The Hall–Kier alpha value is 0.195. The monoisotopic (exact) mass is 64.1 g/mol. The molecule has 0 spiro atoms. The van der Waals surface area contributed by atoms with E-state index in [2.05, 4.69) is 7.74 Å². The van der Waals surface area contributed by atoms with Crippen molar-refractivity contribution in [2.45, 2.75) is 12.4 Å². The molecule has 0 nitrogen and oxygen atoms in total. The van der Waals surface area contributed by atoms with Gasteiger partial charge in [-0.3, -0.25) is 0 Å². The van der Waals surface area contributed by atoms with Crippen LogP contribution in [-0.4, -0.2) is 21.6 Å². The average molecular weight is 63.5 g/mol. The van der Waals surface area contributed by atoms with Gasteiger partial charge in [-0.1, -0.05) is 0 Å². The highest BCUT2D eigenvalue weighted by Gasteiger charge is 2.15. The van der Waals surface area contributed by atoms with Gasteiger partial charge in [-0.25, -0.2) is 0 Å². The lowest BCUT2D eigenvalue weighted by atomic mass is 9.09. The minimum atomic E-state index is 1.06. The maximum atomic E-state index is 2.31. The Labute approximate surface area is 35.0 Å². The maximum Gasteiger partial charge on any atom is 0.104 e. The van der Waals surface area contributed by atoms with Crippen molar-refractivity contribution < 1.29 is 0 Å². The van der Waals surface area contributed by atoms with Crippen molar-refractivity contribution in [1.82, 2.24) is 0 Å². The van der Waals surface area contributed by atoms with E-state index in [0.717, 1.165) is 6.60 Å². The van der Waals surface area contributed by atoms with Crippen LogP contribution < -0.4 is 0 Å². The fraction of sp³-hybridized carbons (Fsp3) is 1.00. The molecule has 0 aliphatic carbocycles. The van der Waals surface area contributed by atoms with E-state index in [9.17, 15) is 0 Å². The van der Waals surface area contributed by atoms with Crippen molar-refractivity contribution in [2.24, 2.45) is 0 Å². The fourth-order valence-electron chi connectivity index (χ4n) is 0.612. The minimum Gasteiger partial charge on any atom is -0.106 e. The Bertz CT molecular complexity index is 31.9. The number of hydrogen-bond acceptors (Lipinski definition) is 0. The molecular weight excluding hydrogens is 56.5 g/mol. The van der Waals surface area contributed by atoms with Gasteiger partial charge in [0.2, 0.25) is 0 Å². The lowest BCUT2D eigenvalue weighted by Gasteiger charge is -2.13. The second-order valence-electron chi connectivity index (χ2n) is 2.04. The SMILES string of the molecule is BB1CBC1. The average Bonchev–Trinajstić information content (AvgIpc) is 1.30. The van der Waals surface area contributed by atoms with Gasteiger partial charge >= 0.3 is 0 Å². The predicted octanol–water partition coefficient (Wildman–Crippen LogP) is -1.02. The minimum absolute atomic E-state index is 1.06. The van der Waals surface area contributed by atoms with Crippen LogP contribution in [0.5, 0.6) is 0 Å². The van der Waals surface area contributed by atoms with Crippen LogP contribution >= 0.6 is 0 Å². The van der Waals surface area contributed by atoms with Gasteiger partial charge in [0.05, 0.1) is 14.3 Å². The van der Waals surface area contributed by atoms with E-state index in [1.165, 1.54) is 19.7 Å². The summed E-state index contributed by atoms with van der Waals surface area (Å²) >= 11 is 0. The number of rotatable bonds is 0. The molecule has 24 valence electrons. The van der Waals surface area contributed by atoms with Crippen LogP contribution in [0.15, 0.2) is 0 Å². The van der Waals surface area contributed by atoms with Gasteiger partial charge in [-0.05, 0) is 0 Å². The molecule has 1 fully saturated rings. The van der Waals surface area contributed by atoms with Crippen LogP contribution in [0.25, 0.3) is 0 Å². The largest absolute Gasteiger partial charge is 0.106 e. The Morgan fingerprint density at radius 1 is 1.60 bits per heavy atom. The maximum absolute atomic E-state index is 2.31. The summed E-state index contributed by atoms with van der Waals surface area (Å²) in [4.78, 5) is 0. The van der Waals surface area contributed by atoms with Crippen LogP contribution in [0.2, 0.25) is 12.4 Å². The molecule has 1 rings (SSSR count). The molecule has 0 atom stereocenters. The van der Waals surface area contributed by atoms with Crippen LogP contribution in [0, 0.1) is 0 Å². The van der Waals surface area contributed by atoms with Gasteiger partial charge in [0.25, 0.3) is 0 Å². The lowest BCUT2D eigenvalue weighted by Crippen LogP contribution is -2.28. The standard InChI is InChI=1S/C2H7B3/c3-5-1-4-2-5/h4H,1-3H2. The lowest BCUT2D eigenvalue weighted by molar-refractivity contribution is 1.68. The van der Waals surface area contributed by atoms with Gasteiger partial charge in [0.1, 0.15) is 7.28 Å². The zero-order chi connectivity index (χ0) is 3.70. The first-order valence-electron chi connectivity index (χ1n) is 2.39. The van der Waals surface area contributed by atoms with Crippen molar-refractivity contribution in [1.29, 1.82) is 0 Å². The van der Waals surface area contributed by atoms with Crippen LogP contribution in [0.1, 0.15) is 0 Å². The summed E-state index contributed by atoms with van der Waals surface area (Å²) in [6.45, 7) is 1.06. The van der Waals surface area contributed by atoms with Crippen molar-refractivity contribution in [3.05, 3.63) is 0 Å². The van der Waals surface area contributed by atoms with E-state index in [4.69, 9.17) is 0 Å². The molecule has 0 unspecified atom stereocenters. The van der Waals surface area contributed by atoms with E-state index in [-0.39, 0.29) is 0 Å². The third-order valence-electron chi connectivity index (χ3n) is 1.39. The quantitative estimate of drug-likeness (QED) is 0.316. The van der Waals surface area contributed by atoms with Gasteiger partial charge in [-0.2, -0.15) is 0 Å². The molecule has 1 heterocycles. The molecule has 0 radical (unpaired) electrons. The first-order chi connectivity index (χ1) is 2.39. The van der Waals surface area contributed by atoms with Crippen molar-refractivity contribution in [3.8, 4) is 0 Å². The first kappa shape index (κ1) is 3.39. The van der Waals surface area contributed by atoms with Gasteiger partial charge in [0, 0.05) is 0 Å². The zero-order valence-corrected chi connectivity index (χ0v) is 3.70. The van der Waals surface area contributed by atoms with Crippen LogP contribution in [-0.2, 0) is 0 Å². The number of hydrogen-bond donors (Lipinski definition) is 0. The molecule has 1 saturated heterocycles. The highest BCUT2D eigenvalue weighted by atomic mass is 13.6. The first-order valence-corrected chi connectivity index (χ1v) is 2.39. The molecule has 0 bridgehead atoms. The van der Waals surface area contributed by atoms with Crippen LogP contribution in [0.3, 0.4) is 0 Å². The molecule has 0 aromatic carbocycles. The zero-order valence-electron chi connectivity index (χ0n) is 3.70. The molecule has 0 amide bonds. The van der Waals surface area contributed by atoms with E-state index >= 15 is 0 Å². The highest BCUT2D eigenvalue weighted by Crippen LogP contribution is 2.04. The topological polar surface area (TPSA) is 0 Å².